The van der Waals surface area contributed by atoms with Crippen LogP contribution in [0, 0.1) is 0 Å². The van der Waals surface area contributed by atoms with Crippen molar-refractivity contribution in [2.75, 3.05) is 20.3 Å². The fraction of sp³-hybridized carbons (Fsp3) is 0.462. The molecule has 1 aromatic carbocycles. The molecule has 100 valence electrons. The van der Waals surface area contributed by atoms with E-state index in [4.69, 9.17) is 14.9 Å². The summed E-state index contributed by atoms with van der Waals surface area (Å²) in [5.74, 6) is -0.924. The van der Waals surface area contributed by atoms with Crippen LogP contribution >= 0.6 is 0 Å². The average molecular weight is 253 g/mol. The molecule has 0 aliphatic heterocycles. The van der Waals surface area contributed by atoms with E-state index < -0.39 is 5.97 Å². The highest BCUT2D eigenvalue weighted by Gasteiger charge is 2.07. The molecule has 0 aliphatic carbocycles. The number of benzene rings is 1. The normalized spacial score (nSPS) is 12.3. The zero-order valence-corrected chi connectivity index (χ0v) is 10.4. The van der Waals surface area contributed by atoms with Gasteiger partial charge in [-0.25, -0.2) is 4.79 Å². The third kappa shape index (κ3) is 4.83. The van der Waals surface area contributed by atoms with E-state index in [1.165, 1.54) is 0 Å². The van der Waals surface area contributed by atoms with Gasteiger partial charge in [-0.2, -0.15) is 0 Å². The van der Waals surface area contributed by atoms with Gasteiger partial charge in [0.05, 0.1) is 12.2 Å². The summed E-state index contributed by atoms with van der Waals surface area (Å²) in [7, 11) is 1.62. The van der Waals surface area contributed by atoms with E-state index in [2.05, 4.69) is 5.32 Å². The molecule has 0 saturated carbocycles. The van der Waals surface area contributed by atoms with Gasteiger partial charge in [-0.05, 0) is 24.1 Å². The number of hydrogen-bond acceptors (Lipinski definition) is 4. The van der Waals surface area contributed by atoms with Gasteiger partial charge in [0.25, 0.3) is 0 Å². The summed E-state index contributed by atoms with van der Waals surface area (Å²) in [6.45, 7) is 1.26. The van der Waals surface area contributed by atoms with Crippen molar-refractivity contribution in [1.82, 2.24) is 5.32 Å². The van der Waals surface area contributed by atoms with Crippen molar-refractivity contribution in [3.8, 4) is 0 Å². The lowest BCUT2D eigenvalue weighted by atomic mass is 10.1. The third-order valence-electron chi connectivity index (χ3n) is 2.64. The minimum absolute atomic E-state index is 0.0964. The molecule has 0 bridgehead atoms. The Morgan fingerprint density at radius 3 is 2.56 bits per heavy atom. The monoisotopic (exact) mass is 253 g/mol. The van der Waals surface area contributed by atoms with Gasteiger partial charge in [0, 0.05) is 26.3 Å². The van der Waals surface area contributed by atoms with Crippen molar-refractivity contribution in [2.45, 2.75) is 19.0 Å². The Morgan fingerprint density at radius 2 is 2.06 bits per heavy atom. The third-order valence-corrected chi connectivity index (χ3v) is 2.64. The summed E-state index contributed by atoms with van der Waals surface area (Å²) in [5, 5.41) is 20.9. The molecule has 0 spiro atoms. The largest absolute Gasteiger partial charge is 0.478 e. The van der Waals surface area contributed by atoms with Gasteiger partial charge in [-0.1, -0.05) is 12.1 Å². The van der Waals surface area contributed by atoms with Gasteiger partial charge in [0.2, 0.25) is 0 Å². The summed E-state index contributed by atoms with van der Waals surface area (Å²) >= 11 is 0. The number of carboxylic acid groups (broad SMARTS) is 1. The Labute approximate surface area is 106 Å². The number of rotatable bonds is 8. The first-order chi connectivity index (χ1) is 8.67. The Kier molecular flexibility index (Phi) is 6.35. The Bertz CT molecular complexity index is 358. The molecule has 5 nitrogen and oxygen atoms in total. The van der Waals surface area contributed by atoms with Gasteiger partial charge in [-0.15, -0.1) is 0 Å². The fourth-order valence-corrected chi connectivity index (χ4v) is 1.63. The minimum Gasteiger partial charge on any atom is -0.478 e. The van der Waals surface area contributed by atoms with Crippen LogP contribution < -0.4 is 5.32 Å². The highest BCUT2D eigenvalue weighted by atomic mass is 16.5. The maximum absolute atomic E-state index is 10.7. The van der Waals surface area contributed by atoms with Crippen molar-refractivity contribution in [3.63, 3.8) is 0 Å². The van der Waals surface area contributed by atoms with Crippen LogP contribution in [0.2, 0.25) is 0 Å². The smallest absolute Gasteiger partial charge is 0.335 e. The van der Waals surface area contributed by atoms with E-state index in [1.807, 2.05) is 0 Å². The van der Waals surface area contributed by atoms with Crippen LogP contribution in [0.4, 0.5) is 0 Å². The van der Waals surface area contributed by atoms with Crippen molar-refractivity contribution in [1.29, 1.82) is 0 Å². The molecule has 3 N–H and O–H groups in total. The lowest BCUT2D eigenvalue weighted by Crippen LogP contribution is -2.33. The summed E-state index contributed by atoms with van der Waals surface area (Å²) < 4.78 is 5.04. The zero-order valence-electron chi connectivity index (χ0n) is 10.4. The SMILES string of the molecule is COCC(CCO)NCc1ccc(C(=O)O)cc1. The summed E-state index contributed by atoms with van der Waals surface area (Å²) in [4.78, 5) is 10.7. The molecular formula is C13H19NO4. The second kappa shape index (κ2) is 7.81. The second-order valence-electron chi connectivity index (χ2n) is 4.05. The Balaban J connectivity index is 2.48. The van der Waals surface area contributed by atoms with E-state index >= 15 is 0 Å². The summed E-state index contributed by atoms with van der Waals surface area (Å²) in [6.07, 6.45) is 0.626. The molecule has 0 aliphatic rings. The lowest BCUT2D eigenvalue weighted by Gasteiger charge is -2.16. The number of carboxylic acids is 1. The lowest BCUT2D eigenvalue weighted by molar-refractivity contribution is 0.0697. The first-order valence-corrected chi connectivity index (χ1v) is 5.82. The number of methoxy groups -OCH3 is 1. The molecule has 0 amide bonds. The molecule has 1 aromatic rings. The summed E-state index contributed by atoms with van der Waals surface area (Å²) in [6, 6.07) is 6.81. The maximum atomic E-state index is 10.7. The quantitative estimate of drug-likeness (QED) is 0.640. The van der Waals surface area contributed by atoms with Crippen LogP contribution in [0.15, 0.2) is 24.3 Å². The molecule has 0 heterocycles. The zero-order chi connectivity index (χ0) is 13.4. The van der Waals surface area contributed by atoms with Gasteiger partial charge in [-0.3, -0.25) is 0 Å². The number of aliphatic hydroxyl groups excluding tert-OH is 1. The van der Waals surface area contributed by atoms with Crippen molar-refractivity contribution < 1.29 is 19.7 Å². The highest BCUT2D eigenvalue weighted by molar-refractivity contribution is 5.87. The number of aliphatic hydroxyl groups is 1. The van der Waals surface area contributed by atoms with Gasteiger partial charge in [0.1, 0.15) is 0 Å². The molecule has 0 saturated heterocycles. The Morgan fingerprint density at radius 1 is 1.39 bits per heavy atom. The van der Waals surface area contributed by atoms with Crippen LogP contribution in [-0.2, 0) is 11.3 Å². The molecule has 0 radical (unpaired) electrons. The number of nitrogens with one attached hydrogen (secondary N) is 1. The molecule has 0 fully saturated rings. The number of aromatic carboxylic acids is 1. The van der Waals surface area contributed by atoms with Gasteiger partial charge < -0.3 is 20.3 Å². The number of carbonyl (C=O) groups is 1. The van der Waals surface area contributed by atoms with Crippen molar-refractivity contribution in [2.24, 2.45) is 0 Å². The maximum Gasteiger partial charge on any atom is 0.335 e. The van der Waals surface area contributed by atoms with E-state index in [0.29, 0.717) is 19.6 Å². The van der Waals surface area contributed by atoms with E-state index in [0.717, 1.165) is 5.56 Å². The van der Waals surface area contributed by atoms with E-state index in [1.54, 1.807) is 31.4 Å². The van der Waals surface area contributed by atoms with E-state index in [-0.39, 0.29) is 18.2 Å². The number of hydrogen-bond donors (Lipinski definition) is 3. The second-order valence-corrected chi connectivity index (χ2v) is 4.05. The van der Waals surface area contributed by atoms with Crippen LogP contribution in [0.5, 0.6) is 0 Å². The van der Waals surface area contributed by atoms with E-state index in [9.17, 15) is 4.79 Å². The van der Waals surface area contributed by atoms with Crippen LogP contribution in [0.3, 0.4) is 0 Å². The van der Waals surface area contributed by atoms with Gasteiger partial charge >= 0.3 is 5.97 Å². The van der Waals surface area contributed by atoms with Crippen LogP contribution in [0.25, 0.3) is 0 Å². The minimum atomic E-state index is -0.924. The molecule has 1 atom stereocenters. The molecule has 1 unspecified atom stereocenters. The molecule has 5 heteroatoms. The molecule has 18 heavy (non-hydrogen) atoms. The van der Waals surface area contributed by atoms with Crippen molar-refractivity contribution in [3.05, 3.63) is 35.4 Å². The molecule has 1 rings (SSSR count). The predicted octanol–water partition coefficient (Wildman–Crippen LogP) is 0.872. The van der Waals surface area contributed by atoms with Gasteiger partial charge in [0.15, 0.2) is 0 Å². The molecule has 0 aromatic heterocycles. The topological polar surface area (TPSA) is 78.8 Å². The fourth-order valence-electron chi connectivity index (χ4n) is 1.63. The number of ether oxygens (including phenoxy) is 1. The standard InChI is InChI=1S/C13H19NO4/c1-18-9-12(6-7-15)14-8-10-2-4-11(5-3-10)13(16)17/h2-5,12,14-15H,6-9H2,1H3,(H,16,17). The summed E-state index contributed by atoms with van der Waals surface area (Å²) in [5.41, 5.74) is 1.28. The predicted molar refractivity (Wildman–Crippen MR) is 67.6 cm³/mol. The highest BCUT2D eigenvalue weighted by Crippen LogP contribution is 2.05. The first-order valence-electron chi connectivity index (χ1n) is 5.82. The van der Waals surface area contributed by atoms with Crippen molar-refractivity contribution >= 4 is 5.97 Å². The Hall–Kier alpha value is -1.43. The molecular weight excluding hydrogens is 234 g/mol. The van der Waals surface area contributed by atoms with Crippen LogP contribution in [-0.4, -0.2) is 42.5 Å². The van der Waals surface area contributed by atoms with Crippen LogP contribution in [0.1, 0.15) is 22.3 Å². The average Bonchev–Trinajstić information content (AvgIpc) is 2.37. The first kappa shape index (κ1) is 14.6.